The molecule has 1 amide bonds. The van der Waals surface area contributed by atoms with Gasteiger partial charge < -0.3 is 16.0 Å². The van der Waals surface area contributed by atoms with E-state index in [1.807, 2.05) is 25.7 Å². The zero-order valence-corrected chi connectivity index (χ0v) is 22.1. The smallest absolute Gasteiger partial charge is 0.271 e. The SMILES string of the molecule is Cc1ccnc(C(C)C)c1-n1c(=O)c(C(N)=O)c(N2CCNCC2)c2cc(Cl)c(-c3ccccc3F)nc21. The molecule has 3 N–H and O–H groups in total. The maximum Gasteiger partial charge on any atom is 0.271 e. The number of carbonyl (C=O) groups excluding carboxylic acids is 1. The molecule has 0 bridgehead atoms. The molecule has 0 unspecified atom stereocenters. The van der Waals surface area contributed by atoms with Gasteiger partial charge in [-0.15, -0.1) is 0 Å². The summed E-state index contributed by atoms with van der Waals surface area (Å²) in [5.41, 5.74) is 8.07. The number of piperazine rings is 1. The lowest BCUT2D eigenvalue weighted by atomic mass is 10.0. The normalized spacial score (nSPS) is 13.9. The highest BCUT2D eigenvalue weighted by Crippen LogP contribution is 2.37. The first-order chi connectivity index (χ1) is 18.2. The van der Waals surface area contributed by atoms with E-state index in [-0.39, 0.29) is 33.4 Å². The van der Waals surface area contributed by atoms with E-state index in [9.17, 15) is 14.0 Å². The van der Waals surface area contributed by atoms with Crippen LogP contribution in [0.4, 0.5) is 10.1 Å². The second-order valence-electron chi connectivity index (χ2n) is 9.65. The number of hydrogen-bond acceptors (Lipinski definition) is 6. The summed E-state index contributed by atoms with van der Waals surface area (Å²) < 4.78 is 16.3. The van der Waals surface area contributed by atoms with Gasteiger partial charge in [0.15, 0.2) is 0 Å². The van der Waals surface area contributed by atoms with Gasteiger partial charge in [-0.05, 0) is 42.7 Å². The quantitative estimate of drug-likeness (QED) is 0.398. The Morgan fingerprint density at radius 3 is 2.53 bits per heavy atom. The number of carbonyl (C=O) groups is 1. The summed E-state index contributed by atoms with van der Waals surface area (Å²) in [6.45, 7) is 8.23. The third kappa shape index (κ3) is 4.31. The molecular formula is C28H28ClFN6O2. The third-order valence-electron chi connectivity index (χ3n) is 6.81. The van der Waals surface area contributed by atoms with Gasteiger partial charge in [0, 0.05) is 43.3 Å². The van der Waals surface area contributed by atoms with Gasteiger partial charge in [0.1, 0.15) is 17.0 Å². The first kappa shape index (κ1) is 25.8. The number of fused-ring (bicyclic) bond motifs is 1. The Balaban J connectivity index is 2.00. The molecule has 1 fully saturated rings. The van der Waals surface area contributed by atoms with Gasteiger partial charge in [-0.3, -0.25) is 19.1 Å². The Labute approximate surface area is 224 Å². The fourth-order valence-electron chi connectivity index (χ4n) is 5.04. The van der Waals surface area contributed by atoms with Crippen LogP contribution in [0.15, 0.2) is 47.4 Å². The predicted octanol–water partition coefficient (Wildman–Crippen LogP) is 4.18. The predicted molar refractivity (Wildman–Crippen MR) is 148 cm³/mol. The van der Waals surface area contributed by atoms with Crippen LogP contribution in [0.5, 0.6) is 0 Å². The van der Waals surface area contributed by atoms with Crippen LogP contribution in [0.25, 0.3) is 28.0 Å². The largest absolute Gasteiger partial charge is 0.368 e. The molecule has 4 aromatic rings. The molecule has 1 aliphatic heterocycles. The number of pyridine rings is 3. The van der Waals surface area contributed by atoms with E-state index in [1.54, 1.807) is 36.5 Å². The van der Waals surface area contributed by atoms with Crippen molar-refractivity contribution in [3.63, 3.8) is 0 Å². The molecular weight excluding hydrogens is 507 g/mol. The van der Waals surface area contributed by atoms with E-state index in [4.69, 9.17) is 22.3 Å². The average molecular weight is 535 g/mol. The zero-order chi connectivity index (χ0) is 27.1. The third-order valence-corrected chi connectivity index (χ3v) is 7.10. The number of amides is 1. The molecule has 38 heavy (non-hydrogen) atoms. The number of benzene rings is 1. The summed E-state index contributed by atoms with van der Waals surface area (Å²) in [4.78, 5) is 38.5. The van der Waals surface area contributed by atoms with Crippen molar-refractivity contribution in [2.75, 3.05) is 31.1 Å². The molecule has 1 aliphatic rings. The number of anilines is 1. The summed E-state index contributed by atoms with van der Waals surface area (Å²) in [5.74, 6) is -1.39. The first-order valence-electron chi connectivity index (χ1n) is 12.5. The highest BCUT2D eigenvalue weighted by atomic mass is 35.5. The number of aromatic nitrogens is 3. The van der Waals surface area contributed by atoms with Crippen LogP contribution < -0.4 is 21.5 Å². The summed E-state index contributed by atoms with van der Waals surface area (Å²) in [6, 6.07) is 9.63. The van der Waals surface area contributed by atoms with Crippen LogP contribution in [0.1, 0.15) is 41.4 Å². The molecule has 196 valence electrons. The van der Waals surface area contributed by atoms with Crippen molar-refractivity contribution in [1.29, 1.82) is 0 Å². The highest BCUT2D eigenvalue weighted by Gasteiger charge is 2.29. The molecule has 0 spiro atoms. The summed E-state index contributed by atoms with van der Waals surface area (Å²) in [7, 11) is 0. The monoisotopic (exact) mass is 534 g/mol. The number of hydrogen-bond donors (Lipinski definition) is 2. The van der Waals surface area contributed by atoms with Crippen molar-refractivity contribution >= 4 is 34.2 Å². The number of rotatable bonds is 5. The maximum absolute atomic E-state index is 14.9. The molecule has 5 rings (SSSR count). The molecule has 3 aromatic heterocycles. The minimum Gasteiger partial charge on any atom is -0.368 e. The minimum absolute atomic E-state index is 0.0462. The Kier molecular flexibility index (Phi) is 6.90. The molecule has 8 nitrogen and oxygen atoms in total. The van der Waals surface area contributed by atoms with Gasteiger partial charge in [0.2, 0.25) is 0 Å². The zero-order valence-electron chi connectivity index (χ0n) is 21.4. The topological polar surface area (TPSA) is 106 Å². The Morgan fingerprint density at radius 1 is 1.16 bits per heavy atom. The Bertz CT molecular complexity index is 1630. The number of nitrogens with one attached hydrogen (secondary N) is 1. The minimum atomic E-state index is -0.846. The van der Waals surface area contributed by atoms with Gasteiger partial charge in [-0.25, -0.2) is 9.37 Å². The Morgan fingerprint density at radius 2 is 1.87 bits per heavy atom. The standard InChI is InChI=1S/C28H28ClFN6O2/c1-15(2)22-24(16(3)8-9-33-22)36-27-18(14-19(29)23(34-27)17-6-4-5-7-20(17)30)25(21(26(31)37)28(36)38)35-12-10-32-11-13-35/h4-9,14-15,32H,10-13H2,1-3H3,(H2,31,37). The van der Waals surface area contributed by atoms with Gasteiger partial charge >= 0.3 is 0 Å². The van der Waals surface area contributed by atoms with Crippen molar-refractivity contribution in [3.8, 4) is 16.9 Å². The van der Waals surface area contributed by atoms with Gasteiger partial charge in [-0.2, -0.15) is 0 Å². The molecule has 4 heterocycles. The van der Waals surface area contributed by atoms with Crippen LogP contribution in [0.3, 0.4) is 0 Å². The summed E-state index contributed by atoms with van der Waals surface area (Å²) >= 11 is 6.73. The van der Waals surface area contributed by atoms with E-state index >= 15 is 0 Å². The number of primary amides is 1. The second kappa shape index (κ2) is 10.2. The second-order valence-corrected chi connectivity index (χ2v) is 10.1. The molecule has 0 aliphatic carbocycles. The van der Waals surface area contributed by atoms with E-state index in [1.165, 1.54) is 10.6 Å². The van der Waals surface area contributed by atoms with Gasteiger partial charge in [-0.1, -0.05) is 37.6 Å². The van der Waals surface area contributed by atoms with Crippen LogP contribution in [-0.4, -0.2) is 46.6 Å². The molecule has 10 heteroatoms. The molecule has 0 atom stereocenters. The van der Waals surface area contributed by atoms with Crippen molar-refractivity contribution in [2.24, 2.45) is 5.73 Å². The van der Waals surface area contributed by atoms with Crippen molar-refractivity contribution in [2.45, 2.75) is 26.7 Å². The van der Waals surface area contributed by atoms with Crippen LogP contribution in [-0.2, 0) is 0 Å². The van der Waals surface area contributed by atoms with Gasteiger partial charge in [0.05, 0.1) is 27.8 Å². The number of nitrogens with two attached hydrogens (primary N) is 1. The Hall–Kier alpha value is -3.82. The lowest BCUT2D eigenvalue weighted by Gasteiger charge is -2.32. The number of halogens is 2. The van der Waals surface area contributed by atoms with Crippen molar-refractivity contribution < 1.29 is 9.18 Å². The first-order valence-corrected chi connectivity index (χ1v) is 12.8. The fraction of sp³-hybridized carbons (Fsp3) is 0.286. The lowest BCUT2D eigenvalue weighted by molar-refractivity contribution is 0.0999. The van der Waals surface area contributed by atoms with E-state index < -0.39 is 17.3 Å². The van der Waals surface area contributed by atoms with Crippen molar-refractivity contribution in [1.82, 2.24) is 19.9 Å². The average Bonchev–Trinajstić information content (AvgIpc) is 2.89. The highest BCUT2D eigenvalue weighted by molar-refractivity contribution is 6.34. The van der Waals surface area contributed by atoms with E-state index in [0.717, 1.165) is 5.56 Å². The fourth-order valence-corrected chi connectivity index (χ4v) is 5.29. The molecule has 0 saturated carbocycles. The maximum atomic E-state index is 14.9. The number of nitrogens with zero attached hydrogens (tertiary/aromatic N) is 4. The molecule has 1 aromatic carbocycles. The van der Waals surface area contributed by atoms with E-state index in [2.05, 4.69) is 10.3 Å². The van der Waals surface area contributed by atoms with E-state index in [0.29, 0.717) is 48.6 Å². The molecule has 1 saturated heterocycles. The summed E-state index contributed by atoms with van der Waals surface area (Å²) in [5, 5.41) is 3.94. The van der Waals surface area contributed by atoms with Crippen molar-refractivity contribution in [3.05, 3.63) is 80.6 Å². The van der Waals surface area contributed by atoms with Crippen LogP contribution in [0, 0.1) is 12.7 Å². The van der Waals surface area contributed by atoms with Gasteiger partial charge in [0.25, 0.3) is 11.5 Å². The van der Waals surface area contributed by atoms with Crippen LogP contribution in [0.2, 0.25) is 5.02 Å². The van der Waals surface area contributed by atoms with Crippen LogP contribution >= 0.6 is 11.6 Å². The number of aryl methyl sites for hydroxylation is 1. The molecule has 0 radical (unpaired) electrons. The lowest BCUT2D eigenvalue weighted by Crippen LogP contribution is -2.45. The summed E-state index contributed by atoms with van der Waals surface area (Å²) in [6.07, 6.45) is 1.68.